The normalized spacial score (nSPS) is 20.6. The molecule has 1 aromatic rings. The van der Waals surface area contributed by atoms with Crippen LogP contribution in [0.4, 0.5) is 4.39 Å². The first-order valence-electron chi connectivity index (χ1n) is 6.94. The molecule has 1 aliphatic heterocycles. The summed E-state index contributed by atoms with van der Waals surface area (Å²) in [6, 6.07) is 5.96. The van der Waals surface area contributed by atoms with Gasteiger partial charge in [0, 0.05) is 19.0 Å². The Hall–Kier alpha value is -0.690. The summed E-state index contributed by atoms with van der Waals surface area (Å²) < 4.78 is 44.5. The number of hydrogen-bond donors (Lipinski definition) is 0. The zero-order chi connectivity index (χ0) is 15.3. The van der Waals surface area contributed by atoms with Crippen molar-refractivity contribution >= 4 is 21.6 Å². The van der Waals surface area contributed by atoms with Gasteiger partial charge < -0.3 is 4.74 Å². The van der Waals surface area contributed by atoms with E-state index in [4.69, 9.17) is 16.3 Å². The molecular weight excluding hydrogens is 317 g/mol. The van der Waals surface area contributed by atoms with Crippen molar-refractivity contribution in [3.8, 4) is 0 Å². The van der Waals surface area contributed by atoms with E-state index in [1.165, 1.54) is 16.4 Å². The van der Waals surface area contributed by atoms with Crippen molar-refractivity contribution in [2.24, 2.45) is 0 Å². The van der Waals surface area contributed by atoms with E-state index >= 15 is 0 Å². The van der Waals surface area contributed by atoms with Crippen molar-refractivity contribution in [1.29, 1.82) is 0 Å². The van der Waals surface area contributed by atoms with E-state index in [1.807, 2.05) is 0 Å². The number of nitrogens with zero attached hydrogens (tertiary/aromatic N) is 1. The van der Waals surface area contributed by atoms with E-state index in [0.29, 0.717) is 31.9 Å². The molecule has 1 heterocycles. The number of sulfonamides is 1. The van der Waals surface area contributed by atoms with Gasteiger partial charge in [-0.05, 0) is 30.5 Å². The highest BCUT2D eigenvalue weighted by molar-refractivity contribution is 7.89. The highest BCUT2D eigenvalue weighted by Crippen LogP contribution is 2.24. The quantitative estimate of drug-likeness (QED) is 0.593. The monoisotopic (exact) mass is 335 g/mol. The lowest BCUT2D eigenvalue weighted by Gasteiger charge is -2.32. The summed E-state index contributed by atoms with van der Waals surface area (Å²) in [5.74, 6) is 0.257. The summed E-state index contributed by atoms with van der Waals surface area (Å²) >= 11 is 5.57. The van der Waals surface area contributed by atoms with Gasteiger partial charge in [0.1, 0.15) is 5.82 Å². The highest BCUT2D eigenvalue weighted by Gasteiger charge is 2.29. The molecule has 0 saturated carbocycles. The number of morpholine rings is 1. The Morgan fingerprint density at radius 3 is 2.67 bits per heavy atom. The third-order valence-corrected chi connectivity index (χ3v) is 5.64. The van der Waals surface area contributed by atoms with E-state index in [2.05, 4.69) is 0 Å². The Kier molecular flexibility index (Phi) is 5.98. The Bertz CT molecular complexity index is 550. The molecule has 0 spiro atoms. The van der Waals surface area contributed by atoms with Crippen molar-refractivity contribution < 1.29 is 17.5 Å². The molecule has 0 aliphatic carbocycles. The molecule has 21 heavy (non-hydrogen) atoms. The van der Waals surface area contributed by atoms with Gasteiger partial charge in [-0.2, -0.15) is 4.31 Å². The van der Waals surface area contributed by atoms with Crippen LogP contribution in [0.5, 0.6) is 0 Å². The van der Waals surface area contributed by atoms with E-state index in [9.17, 15) is 12.8 Å². The van der Waals surface area contributed by atoms with Crippen molar-refractivity contribution in [3.63, 3.8) is 0 Å². The van der Waals surface area contributed by atoms with Crippen LogP contribution >= 0.6 is 11.6 Å². The van der Waals surface area contributed by atoms with Gasteiger partial charge in [0.25, 0.3) is 0 Å². The fourth-order valence-electron chi connectivity index (χ4n) is 2.27. The van der Waals surface area contributed by atoms with Crippen LogP contribution < -0.4 is 0 Å². The fraction of sp³-hybridized carbons (Fsp3) is 0.571. The molecule has 1 atom stereocenters. The van der Waals surface area contributed by atoms with Crippen LogP contribution in [-0.2, 0) is 14.8 Å². The van der Waals surface area contributed by atoms with Crippen LogP contribution in [0.15, 0.2) is 24.3 Å². The second-order valence-corrected chi connectivity index (χ2v) is 7.45. The maximum atomic E-state index is 12.9. The van der Waals surface area contributed by atoms with Gasteiger partial charge in [-0.15, -0.1) is 11.6 Å². The fourth-order valence-corrected chi connectivity index (χ4v) is 4.00. The number of ether oxygens (including phenoxy) is 1. The summed E-state index contributed by atoms with van der Waals surface area (Å²) in [6.45, 7) is 0.979. The van der Waals surface area contributed by atoms with Crippen molar-refractivity contribution in [3.05, 3.63) is 35.6 Å². The Balaban J connectivity index is 2.01. The molecule has 2 rings (SSSR count). The number of rotatable bonds is 6. The number of alkyl halides is 1. The molecule has 7 heteroatoms. The van der Waals surface area contributed by atoms with E-state index in [1.54, 1.807) is 12.1 Å². The number of hydrogen-bond acceptors (Lipinski definition) is 3. The van der Waals surface area contributed by atoms with Crippen LogP contribution in [0.2, 0.25) is 0 Å². The van der Waals surface area contributed by atoms with Crippen molar-refractivity contribution in [1.82, 2.24) is 4.31 Å². The van der Waals surface area contributed by atoms with Gasteiger partial charge in [0.15, 0.2) is 0 Å². The lowest BCUT2D eigenvalue weighted by molar-refractivity contribution is -0.00257. The largest absolute Gasteiger partial charge is 0.371 e. The highest BCUT2D eigenvalue weighted by atomic mass is 35.5. The summed E-state index contributed by atoms with van der Waals surface area (Å²) in [4.78, 5) is 0. The Morgan fingerprint density at radius 2 is 2.00 bits per heavy atom. The first kappa shape index (κ1) is 16.7. The molecule has 0 bridgehead atoms. The predicted octanol–water partition coefficient (Wildman–Crippen LogP) is 2.55. The molecule has 1 saturated heterocycles. The summed E-state index contributed by atoms with van der Waals surface area (Å²) in [5.41, 5.74) is 0.789. The van der Waals surface area contributed by atoms with Crippen molar-refractivity contribution in [2.75, 3.05) is 31.3 Å². The van der Waals surface area contributed by atoms with E-state index in [0.717, 1.165) is 5.56 Å². The van der Waals surface area contributed by atoms with Crippen LogP contribution in [0, 0.1) is 5.82 Å². The summed E-state index contributed by atoms with van der Waals surface area (Å²) in [5, 5.41) is 0. The number of halogens is 2. The standard InChI is InChI=1S/C14H19ClFNO3S/c15-7-1-2-10-21(18,19)17-8-9-20-14(11-17)12-3-5-13(16)6-4-12/h3-6,14H,1-2,7-11H2. The Morgan fingerprint density at radius 1 is 1.29 bits per heavy atom. The Labute approximate surface area is 129 Å². The van der Waals surface area contributed by atoms with E-state index in [-0.39, 0.29) is 24.2 Å². The molecule has 1 aromatic carbocycles. The van der Waals surface area contributed by atoms with Gasteiger partial charge in [-0.3, -0.25) is 0 Å². The molecule has 1 aliphatic rings. The van der Waals surface area contributed by atoms with Crippen LogP contribution in [0.25, 0.3) is 0 Å². The minimum Gasteiger partial charge on any atom is -0.371 e. The molecule has 4 nitrogen and oxygen atoms in total. The molecule has 1 unspecified atom stereocenters. The average Bonchev–Trinajstić information content (AvgIpc) is 2.48. The van der Waals surface area contributed by atoms with E-state index < -0.39 is 10.0 Å². The zero-order valence-corrected chi connectivity index (χ0v) is 13.2. The molecule has 0 N–H and O–H groups in total. The molecule has 1 fully saturated rings. The van der Waals surface area contributed by atoms with Gasteiger partial charge in [-0.25, -0.2) is 12.8 Å². The van der Waals surface area contributed by atoms with Gasteiger partial charge in [0.05, 0.1) is 18.5 Å². The molecule has 0 amide bonds. The SMILES string of the molecule is O=S(=O)(CCCCCl)N1CCOC(c2ccc(F)cc2)C1. The second kappa shape index (κ2) is 7.54. The summed E-state index contributed by atoms with van der Waals surface area (Å²) in [6.07, 6.45) is 0.902. The van der Waals surface area contributed by atoms with Crippen molar-refractivity contribution in [2.45, 2.75) is 18.9 Å². The second-order valence-electron chi connectivity index (χ2n) is 4.98. The number of benzene rings is 1. The van der Waals surface area contributed by atoms with Gasteiger partial charge in [-0.1, -0.05) is 12.1 Å². The van der Waals surface area contributed by atoms with Crippen LogP contribution in [0.1, 0.15) is 24.5 Å². The first-order valence-corrected chi connectivity index (χ1v) is 9.08. The molecule has 0 aromatic heterocycles. The zero-order valence-electron chi connectivity index (χ0n) is 11.7. The maximum absolute atomic E-state index is 12.9. The summed E-state index contributed by atoms with van der Waals surface area (Å²) in [7, 11) is -3.28. The van der Waals surface area contributed by atoms with Crippen LogP contribution in [0.3, 0.4) is 0 Å². The first-order chi connectivity index (χ1) is 10.0. The lowest BCUT2D eigenvalue weighted by atomic mass is 10.1. The molecule has 0 radical (unpaired) electrons. The smallest absolute Gasteiger partial charge is 0.214 e. The minimum absolute atomic E-state index is 0.107. The molecule has 118 valence electrons. The topological polar surface area (TPSA) is 46.6 Å². The third-order valence-electron chi connectivity index (χ3n) is 3.45. The maximum Gasteiger partial charge on any atom is 0.214 e. The number of unbranched alkanes of at least 4 members (excludes halogenated alkanes) is 1. The minimum atomic E-state index is -3.28. The van der Waals surface area contributed by atoms with Crippen LogP contribution in [-0.4, -0.2) is 44.1 Å². The van der Waals surface area contributed by atoms with Gasteiger partial charge in [0.2, 0.25) is 10.0 Å². The average molecular weight is 336 g/mol. The lowest BCUT2D eigenvalue weighted by Crippen LogP contribution is -2.43. The molecular formula is C14H19ClFNO3S. The van der Waals surface area contributed by atoms with Gasteiger partial charge >= 0.3 is 0 Å². The third kappa shape index (κ3) is 4.64. The predicted molar refractivity (Wildman–Crippen MR) is 80.4 cm³/mol.